The average molecular weight is 268 g/mol. The Balaban J connectivity index is 2.20. The minimum absolute atomic E-state index is 0.209. The van der Waals surface area contributed by atoms with E-state index in [1.54, 1.807) is 28.9 Å². The zero-order valence-electron chi connectivity index (χ0n) is 10.7. The maximum Gasteiger partial charge on any atom is 0.335 e. The SMILES string of the molecule is Cc1cc2nc(N)nn2cc1-c1cccc(C(=O)O)c1. The van der Waals surface area contributed by atoms with Gasteiger partial charge in [0.25, 0.3) is 0 Å². The molecule has 6 nitrogen and oxygen atoms in total. The lowest BCUT2D eigenvalue weighted by Gasteiger charge is -2.07. The number of aryl methyl sites for hydroxylation is 1. The van der Waals surface area contributed by atoms with E-state index < -0.39 is 5.97 Å². The number of nitrogens with two attached hydrogens (primary N) is 1. The highest BCUT2D eigenvalue weighted by Crippen LogP contribution is 2.25. The van der Waals surface area contributed by atoms with Crippen molar-refractivity contribution in [1.82, 2.24) is 14.6 Å². The number of carbonyl (C=O) groups is 1. The van der Waals surface area contributed by atoms with Gasteiger partial charge in [0.05, 0.1) is 5.56 Å². The van der Waals surface area contributed by atoms with Crippen LogP contribution in [0.2, 0.25) is 0 Å². The molecule has 20 heavy (non-hydrogen) atoms. The van der Waals surface area contributed by atoms with Gasteiger partial charge < -0.3 is 10.8 Å². The van der Waals surface area contributed by atoms with E-state index in [-0.39, 0.29) is 11.5 Å². The summed E-state index contributed by atoms with van der Waals surface area (Å²) in [5.41, 5.74) is 9.18. The Bertz CT molecular complexity index is 823. The van der Waals surface area contributed by atoms with E-state index in [9.17, 15) is 4.79 Å². The van der Waals surface area contributed by atoms with Crippen molar-refractivity contribution in [2.75, 3.05) is 5.73 Å². The van der Waals surface area contributed by atoms with E-state index in [2.05, 4.69) is 10.1 Å². The van der Waals surface area contributed by atoms with Gasteiger partial charge in [0.2, 0.25) is 5.95 Å². The molecule has 0 unspecified atom stereocenters. The summed E-state index contributed by atoms with van der Waals surface area (Å²) < 4.78 is 1.59. The molecule has 0 aliphatic carbocycles. The quantitative estimate of drug-likeness (QED) is 0.741. The number of benzene rings is 1. The minimum atomic E-state index is -0.949. The van der Waals surface area contributed by atoms with Crippen molar-refractivity contribution in [1.29, 1.82) is 0 Å². The van der Waals surface area contributed by atoms with Crippen LogP contribution in [0.15, 0.2) is 36.5 Å². The summed E-state index contributed by atoms with van der Waals surface area (Å²) >= 11 is 0. The molecule has 3 N–H and O–H groups in total. The molecular weight excluding hydrogens is 256 g/mol. The van der Waals surface area contributed by atoms with E-state index >= 15 is 0 Å². The maximum atomic E-state index is 11.0. The number of hydrogen-bond acceptors (Lipinski definition) is 4. The number of nitrogens with zero attached hydrogens (tertiary/aromatic N) is 3. The minimum Gasteiger partial charge on any atom is -0.478 e. The van der Waals surface area contributed by atoms with Gasteiger partial charge in [-0.2, -0.15) is 4.98 Å². The molecule has 0 radical (unpaired) electrons. The van der Waals surface area contributed by atoms with E-state index in [0.717, 1.165) is 16.7 Å². The van der Waals surface area contributed by atoms with Gasteiger partial charge in [-0.1, -0.05) is 12.1 Å². The van der Waals surface area contributed by atoms with E-state index in [4.69, 9.17) is 10.8 Å². The fraction of sp³-hybridized carbons (Fsp3) is 0.0714. The van der Waals surface area contributed by atoms with Crippen molar-refractivity contribution in [3.63, 3.8) is 0 Å². The zero-order chi connectivity index (χ0) is 14.3. The molecule has 100 valence electrons. The van der Waals surface area contributed by atoms with Gasteiger partial charge in [-0.25, -0.2) is 9.31 Å². The molecule has 3 rings (SSSR count). The zero-order valence-corrected chi connectivity index (χ0v) is 10.7. The number of anilines is 1. The molecule has 0 atom stereocenters. The van der Waals surface area contributed by atoms with Crippen LogP contribution in [0, 0.1) is 6.92 Å². The number of carboxylic acids is 1. The van der Waals surface area contributed by atoms with Crippen LogP contribution in [0.1, 0.15) is 15.9 Å². The molecule has 2 heterocycles. The summed E-state index contributed by atoms with van der Waals surface area (Å²) in [4.78, 5) is 15.1. The Morgan fingerprint density at radius 1 is 1.35 bits per heavy atom. The first-order valence-electron chi connectivity index (χ1n) is 6.01. The summed E-state index contributed by atoms with van der Waals surface area (Å²) in [6.45, 7) is 1.94. The molecule has 2 aromatic heterocycles. The van der Waals surface area contributed by atoms with Gasteiger partial charge in [-0.05, 0) is 36.2 Å². The van der Waals surface area contributed by atoms with E-state index in [1.807, 2.05) is 19.1 Å². The number of aromatic carboxylic acids is 1. The van der Waals surface area contributed by atoms with Crippen LogP contribution < -0.4 is 5.73 Å². The fourth-order valence-electron chi connectivity index (χ4n) is 2.16. The second-order valence-corrected chi connectivity index (χ2v) is 4.53. The number of carboxylic acid groups (broad SMARTS) is 1. The topological polar surface area (TPSA) is 93.5 Å². The Hall–Kier alpha value is -2.89. The smallest absolute Gasteiger partial charge is 0.335 e. The van der Waals surface area contributed by atoms with Crippen molar-refractivity contribution in [3.05, 3.63) is 47.7 Å². The molecule has 0 saturated carbocycles. The van der Waals surface area contributed by atoms with Crippen LogP contribution in [0.25, 0.3) is 16.8 Å². The third-order valence-corrected chi connectivity index (χ3v) is 3.12. The molecular formula is C14H12N4O2. The van der Waals surface area contributed by atoms with Crippen LogP contribution >= 0.6 is 0 Å². The molecule has 0 amide bonds. The van der Waals surface area contributed by atoms with Crippen molar-refractivity contribution in [3.8, 4) is 11.1 Å². The summed E-state index contributed by atoms with van der Waals surface area (Å²) in [6, 6.07) is 8.65. The van der Waals surface area contributed by atoms with Gasteiger partial charge in [0.1, 0.15) is 0 Å². The van der Waals surface area contributed by atoms with Gasteiger partial charge in [-0.3, -0.25) is 0 Å². The van der Waals surface area contributed by atoms with Crippen LogP contribution in [-0.4, -0.2) is 25.7 Å². The second-order valence-electron chi connectivity index (χ2n) is 4.53. The molecule has 0 bridgehead atoms. The van der Waals surface area contributed by atoms with Crippen molar-refractivity contribution in [2.24, 2.45) is 0 Å². The molecule has 0 fully saturated rings. The van der Waals surface area contributed by atoms with Gasteiger partial charge in [0.15, 0.2) is 5.65 Å². The summed E-state index contributed by atoms with van der Waals surface area (Å²) in [7, 11) is 0. The third-order valence-electron chi connectivity index (χ3n) is 3.12. The Morgan fingerprint density at radius 2 is 2.15 bits per heavy atom. The fourth-order valence-corrected chi connectivity index (χ4v) is 2.16. The predicted molar refractivity (Wildman–Crippen MR) is 74.5 cm³/mol. The Kier molecular flexibility index (Phi) is 2.64. The second kappa shape index (κ2) is 4.34. The van der Waals surface area contributed by atoms with Crippen LogP contribution in [0.5, 0.6) is 0 Å². The Morgan fingerprint density at radius 3 is 2.90 bits per heavy atom. The molecule has 0 saturated heterocycles. The van der Waals surface area contributed by atoms with Crippen molar-refractivity contribution >= 4 is 17.6 Å². The lowest BCUT2D eigenvalue weighted by molar-refractivity contribution is 0.0697. The first-order valence-corrected chi connectivity index (χ1v) is 6.01. The van der Waals surface area contributed by atoms with Crippen molar-refractivity contribution in [2.45, 2.75) is 6.92 Å². The number of pyridine rings is 1. The molecule has 0 aliphatic heterocycles. The highest BCUT2D eigenvalue weighted by molar-refractivity contribution is 5.89. The summed E-state index contributed by atoms with van der Waals surface area (Å²) in [6.07, 6.45) is 1.80. The van der Waals surface area contributed by atoms with Crippen LogP contribution in [-0.2, 0) is 0 Å². The summed E-state index contributed by atoms with van der Waals surface area (Å²) in [5, 5.41) is 13.1. The van der Waals surface area contributed by atoms with Gasteiger partial charge >= 0.3 is 5.97 Å². The Labute approximate surface area is 114 Å². The first kappa shape index (κ1) is 12.2. The first-order chi connectivity index (χ1) is 9.54. The lowest BCUT2D eigenvalue weighted by Crippen LogP contribution is -1.97. The highest BCUT2D eigenvalue weighted by atomic mass is 16.4. The monoisotopic (exact) mass is 268 g/mol. The number of nitrogen functional groups attached to an aromatic ring is 1. The standard InChI is InChI=1S/C14H12N4O2/c1-8-5-12-16-14(15)17-18(12)7-11(8)9-3-2-4-10(6-9)13(19)20/h2-7H,1H3,(H2,15,17)(H,19,20). The van der Waals surface area contributed by atoms with E-state index in [1.165, 1.54) is 0 Å². The number of rotatable bonds is 2. The number of fused-ring (bicyclic) bond motifs is 1. The summed E-state index contributed by atoms with van der Waals surface area (Å²) in [5.74, 6) is -0.739. The average Bonchev–Trinajstić information content (AvgIpc) is 2.77. The highest BCUT2D eigenvalue weighted by Gasteiger charge is 2.09. The number of hydrogen-bond donors (Lipinski definition) is 2. The number of aromatic nitrogens is 3. The molecule has 3 aromatic rings. The predicted octanol–water partition coefficient (Wildman–Crippen LogP) is 1.99. The van der Waals surface area contributed by atoms with Gasteiger partial charge in [-0.15, -0.1) is 5.10 Å². The van der Waals surface area contributed by atoms with E-state index in [0.29, 0.717) is 5.65 Å². The normalized spacial score (nSPS) is 10.8. The lowest BCUT2D eigenvalue weighted by atomic mass is 10.0. The van der Waals surface area contributed by atoms with Crippen LogP contribution in [0.4, 0.5) is 5.95 Å². The maximum absolute atomic E-state index is 11.0. The molecule has 1 aromatic carbocycles. The largest absolute Gasteiger partial charge is 0.478 e. The molecule has 6 heteroatoms. The van der Waals surface area contributed by atoms with Crippen molar-refractivity contribution < 1.29 is 9.90 Å². The van der Waals surface area contributed by atoms with Gasteiger partial charge in [0, 0.05) is 11.8 Å². The molecule has 0 aliphatic rings. The third kappa shape index (κ3) is 1.97. The molecule has 0 spiro atoms. The van der Waals surface area contributed by atoms with Crippen LogP contribution in [0.3, 0.4) is 0 Å².